The minimum absolute atomic E-state index is 0.118. The Balaban J connectivity index is 2.32. The van der Waals surface area contributed by atoms with Gasteiger partial charge in [0.05, 0.1) is 18.4 Å². The van der Waals surface area contributed by atoms with E-state index in [1.807, 2.05) is 0 Å². The summed E-state index contributed by atoms with van der Waals surface area (Å²) < 4.78 is 30.0. The summed E-state index contributed by atoms with van der Waals surface area (Å²) in [5, 5.41) is 8.96. The lowest BCUT2D eigenvalue weighted by Crippen LogP contribution is -2.25. The fourth-order valence-corrected chi connectivity index (χ4v) is 3.59. The molecule has 0 unspecified atom stereocenters. The highest BCUT2D eigenvalue weighted by atomic mass is 32.2. The van der Waals surface area contributed by atoms with E-state index < -0.39 is 16.0 Å². The second-order valence-corrected chi connectivity index (χ2v) is 6.42. The molecular weight excluding hydrogens is 270 g/mol. The number of carboxylic acids is 1. The SMILES string of the molecule is COc1ccc(C(=O)O)cc1CN1CCCS1(=O)=O. The van der Waals surface area contributed by atoms with Crippen LogP contribution in [0.5, 0.6) is 5.75 Å². The number of methoxy groups -OCH3 is 1. The van der Waals surface area contributed by atoms with E-state index in [-0.39, 0.29) is 17.9 Å². The second kappa shape index (κ2) is 5.18. The first-order valence-corrected chi connectivity index (χ1v) is 7.43. The predicted molar refractivity (Wildman–Crippen MR) is 68.8 cm³/mol. The first kappa shape index (κ1) is 13.8. The van der Waals surface area contributed by atoms with Crippen molar-refractivity contribution in [1.82, 2.24) is 4.31 Å². The van der Waals surface area contributed by atoms with Crippen molar-refractivity contribution in [2.75, 3.05) is 19.4 Å². The van der Waals surface area contributed by atoms with Gasteiger partial charge in [0, 0.05) is 18.7 Å². The maximum atomic E-state index is 11.8. The maximum absolute atomic E-state index is 11.8. The minimum atomic E-state index is -3.21. The largest absolute Gasteiger partial charge is 0.496 e. The topological polar surface area (TPSA) is 83.9 Å². The third kappa shape index (κ3) is 2.87. The van der Waals surface area contributed by atoms with Crippen molar-refractivity contribution < 1.29 is 23.1 Å². The predicted octanol–water partition coefficient (Wildman–Crippen LogP) is 0.929. The zero-order valence-corrected chi connectivity index (χ0v) is 11.3. The van der Waals surface area contributed by atoms with Crippen LogP contribution in [-0.4, -0.2) is 43.2 Å². The highest BCUT2D eigenvalue weighted by Gasteiger charge is 2.29. The van der Waals surface area contributed by atoms with E-state index in [2.05, 4.69) is 0 Å². The second-order valence-electron chi connectivity index (χ2n) is 4.33. The number of carbonyl (C=O) groups is 1. The molecule has 1 aliphatic heterocycles. The summed E-state index contributed by atoms with van der Waals surface area (Å²) in [5.74, 6) is -0.409. The van der Waals surface area contributed by atoms with Gasteiger partial charge in [-0.2, -0.15) is 4.31 Å². The summed E-state index contributed by atoms with van der Waals surface area (Å²) in [7, 11) is -1.74. The van der Waals surface area contributed by atoms with Gasteiger partial charge in [-0.25, -0.2) is 13.2 Å². The van der Waals surface area contributed by atoms with Gasteiger partial charge in [-0.1, -0.05) is 0 Å². The smallest absolute Gasteiger partial charge is 0.335 e. The Labute approximate surface area is 111 Å². The number of carboxylic acid groups (broad SMARTS) is 1. The van der Waals surface area contributed by atoms with Gasteiger partial charge in [0.1, 0.15) is 5.75 Å². The third-order valence-electron chi connectivity index (χ3n) is 3.08. The van der Waals surface area contributed by atoms with Gasteiger partial charge >= 0.3 is 5.97 Å². The van der Waals surface area contributed by atoms with Gasteiger partial charge in [0.2, 0.25) is 10.0 Å². The number of aromatic carboxylic acids is 1. The van der Waals surface area contributed by atoms with Crippen molar-refractivity contribution in [1.29, 1.82) is 0 Å². The molecule has 7 heteroatoms. The normalized spacial score (nSPS) is 18.4. The lowest BCUT2D eigenvalue weighted by atomic mass is 10.1. The Bertz CT molecular complexity index is 596. The summed E-state index contributed by atoms with van der Waals surface area (Å²) in [6, 6.07) is 4.43. The van der Waals surface area contributed by atoms with E-state index >= 15 is 0 Å². The lowest BCUT2D eigenvalue weighted by Gasteiger charge is -2.16. The zero-order valence-electron chi connectivity index (χ0n) is 10.5. The monoisotopic (exact) mass is 285 g/mol. The van der Waals surface area contributed by atoms with E-state index in [1.165, 1.54) is 23.5 Å². The minimum Gasteiger partial charge on any atom is -0.496 e. The maximum Gasteiger partial charge on any atom is 0.335 e. The molecule has 0 spiro atoms. The molecule has 1 heterocycles. The number of nitrogens with zero attached hydrogens (tertiary/aromatic N) is 1. The van der Waals surface area contributed by atoms with Gasteiger partial charge in [-0.15, -0.1) is 0 Å². The van der Waals surface area contributed by atoms with Crippen molar-refractivity contribution in [3.05, 3.63) is 29.3 Å². The average Bonchev–Trinajstić information content (AvgIpc) is 2.68. The number of benzene rings is 1. The van der Waals surface area contributed by atoms with Crippen LogP contribution in [0.1, 0.15) is 22.3 Å². The molecule has 1 aliphatic rings. The Morgan fingerprint density at radius 1 is 1.47 bits per heavy atom. The molecule has 1 fully saturated rings. The average molecular weight is 285 g/mol. The van der Waals surface area contributed by atoms with Gasteiger partial charge in [0.25, 0.3) is 0 Å². The van der Waals surface area contributed by atoms with Crippen molar-refractivity contribution in [2.45, 2.75) is 13.0 Å². The fourth-order valence-electron chi connectivity index (χ4n) is 2.09. The zero-order chi connectivity index (χ0) is 14.0. The van der Waals surface area contributed by atoms with Crippen molar-refractivity contribution in [3.8, 4) is 5.75 Å². The Hall–Kier alpha value is -1.60. The van der Waals surface area contributed by atoms with Gasteiger partial charge in [-0.05, 0) is 24.6 Å². The number of hydrogen-bond donors (Lipinski definition) is 1. The van der Waals surface area contributed by atoms with Crippen LogP contribution in [0, 0.1) is 0 Å². The van der Waals surface area contributed by atoms with Crippen LogP contribution in [0.4, 0.5) is 0 Å². The Morgan fingerprint density at radius 2 is 2.21 bits per heavy atom. The summed E-state index contributed by atoms with van der Waals surface area (Å²) >= 11 is 0. The molecule has 1 aromatic carbocycles. The number of sulfonamides is 1. The van der Waals surface area contributed by atoms with E-state index in [1.54, 1.807) is 6.07 Å². The summed E-state index contributed by atoms with van der Waals surface area (Å²) in [4.78, 5) is 10.9. The van der Waals surface area contributed by atoms with Crippen LogP contribution < -0.4 is 4.74 Å². The van der Waals surface area contributed by atoms with Crippen molar-refractivity contribution >= 4 is 16.0 Å². The standard InChI is InChI=1S/C12H15NO5S/c1-18-11-4-3-9(12(14)15)7-10(11)8-13-5-2-6-19(13,16)17/h3-4,7H,2,5-6,8H2,1H3,(H,14,15). The van der Waals surface area contributed by atoms with Crippen LogP contribution in [0.3, 0.4) is 0 Å². The molecule has 0 saturated carbocycles. The Morgan fingerprint density at radius 3 is 2.74 bits per heavy atom. The summed E-state index contributed by atoms with van der Waals surface area (Å²) in [6.07, 6.45) is 0.600. The quantitative estimate of drug-likeness (QED) is 0.889. The number of ether oxygens (including phenoxy) is 1. The molecule has 0 bridgehead atoms. The Kier molecular flexibility index (Phi) is 3.77. The molecule has 1 aromatic rings. The van der Waals surface area contributed by atoms with Crippen molar-refractivity contribution in [3.63, 3.8) is 0 Å². The van der Waals surface area contributed by atoms with Gasteiger partial charge in [0.15, 0.2) is 0 Å². The molecule has 1 saturated heterocycles. The molecule has 1 N–H and O–H groups in total. The van der Waals surface area contributed by atoms with Crippen LogP contribution in [0.2, 0.25) is 0 Å². The molecule has 104 valence electrons. The van der Waals surface area contributed by atoms with Crippen LogP contribution in [0.15, 0.2) is 18.2 Å². The molecule has 0 radical (unpaired) electrons. The molecule has 0 atom stereocenters. The number of hydrogen-bond acceptors (Lipinski definition) is 4. The third-order valence-corrected chi connectivity index (χ3v) is 4.98. The molecule has 19 heavy (non-hydrogen) atoms. The van der Waals surface area contributed by atoms with Crippen LogP contribution in [-0.2, 0) is 16.6 Å². The van der Waals surface area contributed by atoms with E-state index in [0.29, 0.717) is 24.3 Å². The molecule has 0 aromatic heterocycles. The molecule has 0 aliphatic carbocycles. The fraction of sp³-hybridized carbons (Fsp3) is 0.417. The number of rotatable bonds is 4. The van der Waals surface area contributed by atoms with E-state index in [4.69, 9.17) is 9.84 Å². The first-order valence-electron chi connectivity index (χ1n) is 5.82. The molecule has 0 amide bonds. The van der Waals surface area contributed by atoms with Crippen molar-refractivity contribution in [2.24, 2.45) is 0 Å². The summed E-state index contributed by atoms with van der Waals surface area (Å²) in [6.45, 7) is 0.607. The van der Waals surface area contributed by atoms with Crippen LogP contribution in [0.25, 0.3) is 0 Å². The van der Waals surface area contributed by atoms with Crippen LogP contribution >= 0.6 is 0 Å². The van der Waals surface area contributed by atoms with E-state index in [0.717, 1.165) is 0 Å². The highest BCUT2D eigenvalue weighted by Crippen LogP contribution is 2.25. The molecule has 6 nitrogen and oxygen atoms in total. The van der Waals surface area contributed by atoms with Gasteiger partial charge in [-0.3, -0.25) is 0 Å². The van der Waals surface area contributed by atoms with Gasteiger partial charge < -0.3 is 9.84 Å². The lowest BCUT2D eigenvalue weighted by molar-refractivity contribution is 0.0696. The molecular formula is C12H15NO5S. The molecule has 2 rings (SSSR count). The first-order chi connectivity index (χ1) is 8.94. The summed E-state index contributed by atoms with van der Waals surface area (Å²) in [5.41, 5.74) is 0.681. The highest BCUT2D eigenvalue weighted by molar-refractivity contribution is 7.89. The van der Waals surface area contributed by atoms with E-state index in [9.17, 15) is 13.2 Å².